The molecule has 0 aliphatic rings. The Hall–Kier alpha value is -1.09. The van der Waals surface area contributed by atoms with Crippen LogP contribution in [-0.2, 0) is 6.54 Å². The van der Waals surface area contributed by atoms with E-state index in [-0.39, 0.29) is 0 Å². The number of benzene rings is 1. The van der Waals surface area contributed by atoms with E-state index in [1.165, 1.54) is 11.1 Å². The van der Waals surface area contributed by atoms with Crippen LogP contribution in [0.3, 0.4) is 0 Å². The molecule has 2 aromatic rings. The summed E-state index contributed by atoms with van der Waals surface area (Å²) in [7, 11) is 0. The number of aryl methyl sites for hydroxylation is 1. The van der Waals surface area contributed by atoms with Crippen LogP contribution in [0.2, 0.25) is 0 Å². The monoisotopic (exact) mass is 220 g/mol. The van der Waals surface area contributed by atoms with E-state index < -0.39 is 0 Å². The van der Waals surface area contributed by atoms with Gasteiger partial charge >= 0.3 is 0 Å². The van der Waals surface area contributed by atoms with Crippen molar-refractivity contribution in [3.05, 3.63) is 28.5 Å². The van der Waals surface area contributed by atoms with E-state index in [4.69, 9.17) is 12.2 Å². The highest BCUT2D eigenvalue weighted by Gasteiger charge is 2.05. The van der Waals surface area contributed by atoms with Gasteiger partial charge in [-0.25, -0.2) is 0 Å². The molecule has 1 aromatic heterocycles. The fourth-order valence-electron chi connectivity index (χ4n) is 1.81. The molecule has 2 rings (SSSR count). The molecule has 0 saturated heterocycles. The molecular formula is C12H16N2S. The van der Waals surface area contributed by atoms with Crippen LogP contribution in [-0.4, -0.2) is 9.55 Å². The minimum atomic E-state index is 0.608. The highest BCUT2D eigenvalue weighted by Crippen LogP contribution is 2.17. The van der Waals surface area contributed by atoms with E-state index in [1.807, 2.05) is 0 Å². The third-order valence-electron chi connectivity index (χ3n) is 2.48. The molecule has 3 heteroatoms. The van der Waals surface area contributed by atoms with Crippen LogP contribution < -0.4 is 0 Å². The number of aromatic nitrogens is 2. The molecule has 0 aliphatic carbocycles. The fourth-order valence-corrected chi connectivity index (χ4v) is 2.09. The Labute approximate surface area is 94.9 Å². The number of H-pyrrole nitrogens is 1. The number of nitrogens with one attached hydrogen (secondary N) is 1. The van der Waals surface area contributed by atoms with Crippen molar-refractivity contribution in [1.82, 2.24) is 9.55 Å². The molecule has 0 spiro atoms. The summed E-state index contributed by atoms with van der Waals surface area (Å²) >= 11 is 5.32. The Morgan fingerprint density at radius 1 is 1.40 bits per heavy atom. The summed E-state index contributed by atoms with van der Waals surface area (Å²) in [4.78, 5) is 3.24. The molecule has 1 aromatic carbocycles. The van der Waals surface area contributed by atoms with Crippen molar-refractivity contribution in [3.63, 3.8) is 0 Å². The molecule has 1 N–H and O–H groups in total. The van der Waals surface area contributed by atoms with Crippen LogP contribution in [0.25, 0.3) is 11.0 Å². The van der Waals surface area contributed by atoms with Gasteiger partial charge in [0.15, 0.2) is 4.77 Å². The molecule has 0 bridgehead atoms. The Bertz CT molecular complexity index is 534. The minimum Gasteiger partial charge on any atom is -0.331 e. The molecular weight excluding hydrogens is 204 g/mol. The highest BCUT2D eigenvalue weighted by atomic mass is 32.1. The maximum Gasteiger partial charge on any atom is 0.178 e. The molecule has 0 radical (unpaired) electrons. The van der Waals surface area contributed by atoms with E-state index in [2.05, 4.69) is 48.5 Å². The van der Waals surface area contributed by atoms with Crippen molar-refractivity contribution in [1.29, 1.82) is 0 Å². The number of rotatable bonds is 2. The van der Waals surface area contributed by atoms with Gasteiger partial charge in [-0.3, -0.25) is 0 Å². The van der Waals surface area contributed by atoms with Crippen LogP contribution >= 0.6 is 12.2 Å². The maximum absolute atomic E-state index is 5.32. The van der Waals surface area contributed by atoms with E-state index in [1.54, 1.807) is 0 Å². The lowest BCUT2D eigenvalue weighted by atomic mass is 10.2. The molecule has 0 unspecified atom stereocenters. The van der Waals surface area contributed by atoms with Crippen LogP contribution in [0.15, 0.2) is 18.2 Å². The van der Waals surface area contributed by atoms with Gasteiger partial charge in [-0.05, 0) is 42.8 Å². The lowest BCUT2D eigenvalue weighted by molar-refractivity contribution is 0.529. The van der Waals surface area contributed by atoms with E-state index in [0.717, 1.165) is 16.8 Å². The molecule has 80 valence electrons. The number of fused-ring (bicyclic) bond motifs is 1. The number of nitrogens with zero attached hydrogens (tertiary/aromatic N) is 1. The number of hydrogen-bond donors (Lipinski definition) is 1. The summed E-state index contributed by atoms with van der Waals surface area (Å²) in [5, 5.41) is 0. The maximum atomic E-state index is 5.32. The summed E-state index contributed by atoms with van der Waals surface area (Å²) in [6, 6.07) is 6.38. The molecule has 0 atom stereocenters. The third-order valence-corrected chi connectivity index (χ3v) is 2.80. The molecule has 0 saturated carbocycles. The summed E-state index contributed by atoms with van der Waals surface area (Å²) in [5.74, 6) is 0.608. The average molecular weight is 220 g/mol. The zero-order chi connectivity index (χ0) is 11.0. The summed E-state index contributed by atoms with van der Waals surface area (Å²) in [5.41, 5.74) is 3.62. The van der Waals surface area contributed by atoms with E-state index in [0.29, 0.717) is 5.92 Å². The van der Waals surface area contributed by atoms with E-state index >= 15 is 0 Å². The Balaban J connectivity index is 2.65. The van der Waals surface area contributed by atoms with Gasteiger partial charge in [0.2, 0.25) is 0 Å². The van der Waals surface area contributed by atoms with Crippen molar-refractivity contribution in [2.24, 2.45) is 5.92 Å². The average Bonchev–Trinajstić information content (AvgIpc) is 2.43. The standard InChI is InChI=1S/C12H16N2S/c1-8(2)7-14-11-6-9(3)4-5-10(11)13-12(14)15/h4-6,8H,7H2,1-3H3,(H,13,15). The fraction of sp³-hybridized carbons (Fsp3) is 0.417. The van der Waals surface area contributed by atoms with Crippen molar-refractivity contribution < 1.29 is 0 Å². The second-order valence-corrected chi connectivity index (χ2v) is 4.84. The van der Waals surface area contributed by atoms with Gasteiger partial charge in [0, 0.05) is 6.54 Å². The summed E-state index contributed by atoms with van der Waals surface area (Å²) < 4.78 is 3.01. The summed E-state index contributed by atoms with van der Waals surface area (Å²) in [6.07, 6.45) is 0. The first-order valence-electron chi connectivity index (χ1n) is 5.27. The molecule has 1 heterocycles. The number of hydrogen-bond acceptors (Lipinski definition) is 1. The lowest BCUT2D eigenvalue weighted by Crippen LogP contribution is -2.04. The van der Waals surface area contributed by atoms with Gasteiger partial charge in [0.25, 0.3) is 0 Å². The lowest BCUT2D eigenvalue weighted by Gasteiger charge is -2.07. The van der Waals surface area contributed by atoms with Crippen molar-refractivity contribution >= 4 is 23.3 Å². The van der Waals surface area contributed by atoms with Crippen LogP contribution in [0.5, 0.6) is 0 Å². The Kier molecular flexibility index (Phi) is 2.65. The quantitative estimate of drug-likeness (QED) is 0.766. The first-order chi connectivity index (χ1) is 7.08. The smallest absolute Gasteiger partial charge is 0.178 e. The van der Waals surface area contributed by atoms with E-state index in [9.17, 15) is 0 Å². The molecule has 0 amide bonds. The predicted octanol–water partition coefficient (Wildman–Crippen LogP) is 3.66. The minimum absolute atomic E-state index is 0.608. The molecule has 2 nitrogen and oxygen atoms in total. The number of aromatic amines is 1. The summed E-state index contributed by atoms with van der Waals surface area (Å²) in [6.45, 7) is 7.49. The van der Waals surface area contributed by atoms with Crippen LogP contribution in [0, 0.1) is 17.6 Å². The second kappa shape index (κ2) is 3.81. The van der Waals surface area contributed by atoms with Gasteiger partial charge < -0.3 is 9.55 Å². The predicted molar refractivity (Wildman–Crippen MR) is 66.7 cm³/mol. The molecule has 0 aliphatic heterocycles. The second-order valence-electron chi connectivity index (χ2n) is 4.46. The largest absolute Gasteiger partial charge is 0.331 e. The third kappa shape index (κ3) is 1.97. The Morgan fingerprint density at radius 2 is 2.13 bits per heavy atom. The van der Waals surface area contributed by atoms with Crippen LogP contribution in [0.4, 0.5) is 0 Å². The van der Waals surface area contributed by atoms with Gasteiger partial charge in [-0.15, -0.1) is 0 Å². The number of imidazole rings is 1. The highest BCUT2D eigenvalue weighted by molar-refractivity contribution is 7.71. The molecule has 0 fully saturated rings. The SMILES string of the molecule is Cc1ccc2[nH]c(=S)n(CC(C)C)c2c1. The topological polar surface area (TPSA) is 20.7 Å². The zero-order valence-corrected chi connectivity index (χ0v) is 10.2. The van der Waals surface area contributed by atoms with Gasteiger partial charge in [-0.1, -0.05) is 19.9 Å². The first kappa shape index (κ1) is 10.4. The van der Waals surface area contributed by atoms with Crippen molar-refractivity contribution in [3.8, 4) is 0 Å². The van der Waals surface area contributed by atoms with Gasteiger partial charge in [0.1, 0.15) is 0 Å². The Morgan fingerprint density at radius 3 is 2.80 bits per heavy atom. The van der Waals surface area contributed by atoms with Gasteiger partial charge in [-0.2, -0.15) is 0 Å². The van der Waals surface area contributed by atoms with Crippen LogP contribution in [0.1, 0.15) is 19.4 Å². The normalized spacial score (nSPS) is 11.5. The van der Waals surface area contributed by atoms with Gasteiger partial charge in [0.05, 0.1) is 11.0 Å². The molecule has 15 heavy (non-hydrogen) atoms. The van der Waals surface area contributed by atoms with Crippen molar-refractivity contribution in [2.45, 2.75) is 27.3 Å². The first-order valence-corrected chi connectivity index (χ1v) is 5.68. The zero-order valence-electron chi connectivity index (χ0n) is 9.37. The van der Waals surface area contributed by atoms with Crippen molar-refractivity contribution in [2.75, 3.05) is 0 Å².